The smallest absolute Gasteiger partial charge is 0.261 e. The van der Waals surface area contributed by atoms with Gasteiger partial charge in [0.15, 0.2) is 0 Å². The van der Waals surface area contributed by atoms with Gasteiger partial charge in [0.25, 0.3) is 5.91 Å². The molecule has 0 spiro atoms. The van der Waals surface area contributed by atoms with Gasteiger partial charge in [0.1, 0.15) is 5.60 Å². The van der Waals surface area contributed by atoms with Crippen LogP contribution >= 0.6 is 38.6 Å². The Morgan fingerprint density at radius 3 is 2.89 bits per heavy atom. The summed E-state index contributed by atoms with van der Waals surface area (Å²) in [6.07, 6.45) is 0. The van der Waals surface area contributed by atoms with Crippen molar-refractivity contribution in [2.24, 2.45) is 0 Å². The SMILES string of the molecule is C[C@](O)(CNC(=O)c1cc(Br)cs1)c1cccs1. The van der Waals surface area contributed by atoms with E-state index >= 15 is 0 Å². The summed E-state index contributed by atoms with van der Waals surface area (Å²) >= 11 is 6.15. The molecule has 3 nitrogen and oxygen atoms in total. The van der Waals surface area contributed by atoms with Gasteiger partial charge in [-0.2, -0.15) is 0 Å². The summed E-state index contributed by atoms with van der Waals surface area (Å²) in [6.45, 7) is 1.89. The third-order valence-electron chi connectivity index (χ3n) is 2.44. The lowest BCUT2D eigenvalue weighted by atomic mass is 10.1. The Morgan fingerprint density at radius 2 is 2.33 bits per heavy atom. The van der Waals surface area contributed by atoms with Gasteiger partial charge in [-0.25, -0.2) is 0 Å². The molecule has 96 valence electrons. The number of nitrogens with one attached hydrogen (secondary N) is 1. The highest BCUT2D eigenvalue weighted by Gasteiger charge is 2.25. The monoisotopic (exact) mass is 345 g/mol. The third kappa shape index (κ3) is 3.20. The molecule has 0 aliphatic heterocycles. The lowest BCUT2D eigenvalue weighted by Crippen LogP contribution is -2.37. The van der Waals surface area contributed by atoms with Gasteiger partial charge in [0.2, 0.25) is 0 Å². The highest BCUT2D eigenvalue weighted by atomic mass is 79.9. The predicted molar refractivity (Wildman–Crippen MR) is 78.2 cm³/mol. The number of rotatable bonds is 4. The first kappa shape index (κ1) is 13.7. The molecule has 2 rings (SSSR count). The first-order valence-corrected chi connectivity index (χ1v) is 7.83. The second-order valence-corrected chi connectivity index (χ2v) is 6.84. The van der Waals surface area contributed by atoms with Crippen molar-refractivity contribution in [3.05, 3.63) is 43.2 Å². The number of hydrogen-bond donors (Lipinski definition) is 2. The van der Waals surface area contributed by atoms with Gasteiger partial charge in [-0.3, -0.25) is 4.79 Å². The number of aliphatic hydroxyl groups is 1. The number of thiophene rings is 2. The van der Waals surface area contributed by atoms with Crippen molar-refractivity contribution in [1.29, 1.82) is 0 Å². The lowest BCUT2D eigenvalue weighted by Gasteiger charge is -2.22. The lowest BCUT2D eigenvalue weighted by molar-refractivity contribution is 0.0558. The number of amides is 1. The van der Waals surface area contributed by atoms with Gasteiger partial charge in [-0.15, -0.1) is 22.7 Å². The summed E-state index contributed by atoms with van der Waals surface area (Å²) in [4.78, 5) is 13.3. The Labute approximate surface area is 122 Å². The predicted octanol–water partition coefficient (Wildman–Crippen LogP) is 3.21. The summed E-state index contributed by atoms with van der Waals surface area (Å²) in [5.74, 6) is -0.164. The maximum atomic E-state index is 11.8. The first-order valence-electron chi connectivity index (χ1n) is 5.27. The fourth-order valence-corrected chi connectivity index (χ4v) is 3.57. The molecule has 1 atom stereocenters. The minimum atomic E-state index is -1.03. The number of halogens is 1. The molecular formula is C12H12BrNO2S2. The van der Waals surface area contributed by atoms with Gasteiger partial charge in [0, 0.05) is 14.7 Å². The van der Waals surface area contributed by atoms with E-state index in [1.54, 1.807) is 13.0 Å². The maximum Gasteiger partial charge on any atom is 0.261 e. The molecule has 6 heteroatoms. The Hall–Kier alpha value is -0.690. The quantitative estimate of drug-likeness (QED) is 0.893. The first-order chi connectivity index (χ1) is 8.49. The van der Waals surface area contributed by atoms with Crippen molar-refractivity contribution in [2.45, 2.75) is 12.5 Å². The molecule has 18 heavy (non-hydrogen) atoms. The van der Waals surface area contributed by atoms with Crippen molar-refractivity contribution in [3.63, 3.8) is 0 Å². The molecule has 1 amide bonds. The molecule has 0 unspecified atom stereocenters. The van der Waals surface area contributed by atoms with E-state index in [4.69, 9.17) is 0 Å². The van der Waals surface area contributed by atoms with Gasteiger partial charge in [-0.05, 0) is 40.4 Å². The van der Waals surface area contributed by atoms with Gasteiger partial charge in [-0.1, -0.05) is 6.07 Å². The van der Waals surface area contributed by atoms with Crippen LogP contribution in [0, 0.1) is 0 Å². The molecule has 2 heterocycles. The summed E-state index contributed by atoms with van der Waals surface area (Å²) in [5, 5.41) is 16.8. The summed E-state index contributed by atoms with van der Waals surface area (Å²) in [6, 6.07) is 5.51. The molecule has 0 aromatic carbocycles. The Morgan fingerprint density at radius 1 is 1.56 bits per heavy atom. The van der Waals surface area contributed by atoms with Gasteiger partial charge in [0.05, 0.1) is 11.4 Å². The van der Waals surface area contributed by atoms with Crippen molar-refractivity contribution in [1.82, 2.24) is 5.32 Å². The van der Waals surface area contributed by atoms with Crippen LogP contribution in [0.4, 0.5) is 0 Å². The molecule has 0 aliphatic carbocycles. The van der Waals surface area contributed by atoms with Crippen LogP contribution in [0.15, 0.2) is 33.4 Å². The number of carbonyl (C=O) groups is 1. The molecule has 2 aromatic rings. The summed E-state index contributed by atoms with van der Waals surface area (Å²) < 4.78 is 0.891. The molecule has 2 aromatic heterocycles. The number of carbonyl (C=O) groups excluding carboxylic acids is 1. The standard InChI is InChI=1S/C12H12BrNO2S2/c1-12(16,10-3-2-4-17-10)7-14-11(15)9-5-8(13)6-18-9/h2-6,16H,7H2,1H3,(H,14,15)/t12-/m0/s1. The number of hydrogen-bond acceptors (Lipinski definition) is 4. The average Bonchev–Trinajstić information content (AvgIpc) is 2.96. The van der Waals surface area contributed by atoms with Crippen LogP contribution in [0.3, 0.4) is 0 Å². The van der Waals surface area contributed by atoms with E-state index < -0.39 is 5.60 Å². The Bertz CT molecular complexity index is 534. The zero-order valence-corrected chi connectivity index (χ0v) is 12.9. The van der Waals surface area contributed by atoms with Crippen LogP contribution < -0.4 is 5.32 Å². The Kier molecular flexibility index (Phi) is 4.21. The van der Waals surface area contributed by atoms with Crippen LogP contribution in [0.2, 0.25) is 0 Å². The molecule has 0 saturated heterocycles. The van der Waals surface area contributed by atoms with E-state index in [0.717, 1.165) is 9.35 Å². The minimum absolute atomic E-state index is 0.164. The second-order valence-electron chi connectivity index (χ2n) is 4.06. The molecule has 0 aliphatic rings. The largest absolute Gasteiger partial charge is 0.383 e. The van der Waals surface area contributed by atoms with Crippen LogP contribution in [-0.4, -0.2) is 17.6 Å². The van der Waals surface area contributed by atoms with E-state index in [-0.39, 0.29) is 12.5 Å². The summed E-state index contributed by atoms with van der Waals surface area (Å²) in [5.41, 5.74) is -1.03. The van der Waals surface area contributed by atoms with Crippen LogP contribution in [0.25, 0.3) is 0 Å². The van der Waals surface area contributed by atoms with Crippen LogP contribution in [-0.2, 0) is 5.60 Å². The fourth-order valence-electron chi connectivity index (χ4n) is 1.44. The molecule has 0 saturated carbocycles. The molecule has 0 radical (unpaired) electrons. The van der Waals surface area contributed by atoms with E-state index in [1.165, 1.54) is 22.7 Å². The molecular weight excluding hydrogens is 334 g/mol. The van der Waals surface area contributed by atoms with Crippen molar-refractivity contribution in [3.8, 4) is 0 Å². The molecule has 2 N–H and O–H groups in total. The van der Waals surface area contributed by atoms with E-state index in [2.05, 4.69) is 21.2 Å². The van der Waals surface area contributed by atoms with Crippen molar-refractivity contribution in [2.75, 3.05) is 6.54 Å². The zero-order chi connectivity index (χ0) is 13.2. The van der Waals surface area contributed by atoms with Gasteiger partial charge >= 0.3 is 0 Å². The van der Waals surface area contributed by atoms with E-state index in [0.29, 0.717) is 4.88 Å². The minimum Gasteiger partial charge on any atom is -0.383 e. The highest BCUT2D eigenvalue weighted by molar-refractivity contribution is 9.10. The average molecular weight is 346 g/mol. The zero-order valence-electron chi connectivity index (χ0n) is 9.64. The van der Waals surface area contributed by atoms with Gasteiger partial charge < -0.3 is 10.4 Å². The fraction of sp³-hybridized carbons (Fsp3) is 0.250. The van der Waals surface area contributed by atoms with Crippen LogP contribution in [0.1, 0.15) is 21.5 Å². The van der Waals surface area contributed by atoms with Crippen molar-refractivity contribution < 1.29 is 9.90 Å². The molecule has 0 bridgehead atoms. The summed E-state index contributed by atoms with van der Waals surface area (Å²) in [7, 11) is 0. The molecule has 0 fully saturated rings. The van der Waals surface area contributed by atoms with E-state index in [1.807, 2.05) is 22.9 Å². The third-order valence-corrected chi connectivity index (χ3v) is 5.25. The Balaban J connectivity index is 1.98. The maximum absolute atomic E-state index is 11.8. The van der Waals surface area contributed by atoms with Crippen LogP contribution in [0.5, 0.6) is 0 Å². The highest BCUT2D eigenvalue weighted by Crippen LogP contribution is 2.25. The van der Waals surface area contributed by atoms with Crippen molar-refractivity contribution >= 4 is 44.5 Å². The second kappa shape index (κ2) is 5.52. The van der Waals surface area contributed by atoms with E-state index in [9.17, 15) is 9.90 Å². The topological polar surface area (TPSA) is 49.3 Å². The normalized spacial score (nSPS) is 14.2.